The molecule has 4 nitrogen and oxygen atoms in total. The van der Waals surface area contributed by atoms with Crippen LogP contribution in [0.15, 0.2) is 15.8 Å². The molecule has 100 valence electrons. The van der Waals surface area contributed by atoms with Crippen LogP contribution in [0.1, 0.15) is 38.1 Å². The number of nitrogens with two attached hydrogens (primary N) is 1. The van der Waals surface area contributed by atoms with Crippen molar-refractivity contribution in [3.63, 3.8) is 0 Å². The van der Waals surface area contributed by atoms with Gasteiger partial charge in [0.2, 0.25) is 5.91 Å². The van der Waals surface area contributed by atoms with Crippen molar-refractivity contribution in [2.24, 2.45) is 10.1 Å². The molecule has 1 amide bonds. The summed E-state index contributed by atoms with van der Waals surface area (Å²) in [5.74, 6) is -0.354. The van der Waals surface area contributed by atoms with Gasteiger partial charge in [0.1, 0.15) is 21.8 Å². The van der Waals surface area contributed by atoms with Gasteiger partial charge in [-0.3, -0.25) is 4.79 Å². The van der Waals surface area contributed by atoms with Crippen molar-refractivity contribution in [1.82, 2.24) is 0 Å². The predicted octanol–water partition coefficient (Wildman–Crippen LogP) is 2.05. The summed E-state index contributed by atoms with van der Waals surface area (Å²) >= 11 is 0.213. The lowest BCUT2D eigenvalue weighted by Crippen LogP contribution is -2.26. The van der Waals surface area contributed by atoms with Gasteiger partial charge in [-0.25, -0.2) is 0 Å². The Labute approximate surface area is 115 Å². The predicted molar refractivity (Wildman–Crippen MR) is 77.3 cm³/mol. The molecule has 1 rings (SSSR count). The number of nitrogens with zero attached hydrogens (tertiary/aromatic N) is 1. The van der Waals surface area contributed by atoms with Crippen LogP contribution in [0, 0.1) is 0 Å². The zero-order chi connectivity index (χ0) is 13.9. The zero-order valence-electron chi connectivity index (χ0n) is 11.0. The number of rotatable bonds is 4. The SMILES string of the molecule is CC(=N[S+]([O-])C(C)(C)C)c1cc(CC(N)=O)cs1. The van der Waals surface area contributed by atoms with Gasteiger partial charge in [0, 0.05) is 0 Å². The summed E-state index contributed by atoms with van der Waals surface area (Å²) in [5, 5.41) is 1.87. The smallest absolute Gasteiger partial charge is 0.221 e. The van der Waals surface area contributed by atoms with Crippen LogP contribution >= 0.6 is 11.3 Å². The van der Waals surface area contributed by atoms with Crippen LogP contribution < -0.4 is 5.73 Å². The molecule has 0 aliphatic heterocycles. The third-order valence-electron chi connectivity index (χ3n) is 2.13. The summed E-state index contributed by atoms with van der Waals surface area (Å²) in [4.78, 5) is 11.7. The molecule has 0 spiro atoms. The average Bonchev–Trinajstić information content (AvgIpc) is 2.63. The molecule has 1 unspecified atom stereocenters. The number of amides is 1. The van der Waals surface area contributed by atoms with Crippen molar-refractivity contribution >= 4 is 34.3 Å². The van der Waals surface area contributed by atoms with Gasteiger partial charge in [0.05, 0.1) is 11.3 Å². The van der Waals surface area contributed by atoms with E-state index in [9.17, 15) is 9.35 Å². The van der Waals surface area contributed by atoms with Crippen molar-refractivity contribution in [2.75, 3.05) is 0 Å². The van der Waals surface area contributed by atoms with Crippen LogP contribution in [0.25, 0.3) is 0 Å². The van der Waals surface area contributed by atoms with E-state index in [1.165, 1.54) is 11.3 Å². The minimum atomic E-state index is -1.27. The molecular formula is C12H18N2O2S2. The maximum atomic E-state index is 11.9. The van der Waals surface area contributed by atoms with E-state index in [4.69, 9.17) is 5.73 Å². The molecule has 0 fully saturated rings. The fourth-order valence-corrected chi connectivity index (χ4v) is 2.71. The number of carbonyl (C=O) groups excluding carboxylic acids is 1. The van der Waals surface area contributed by atoms with Gasteiger partial charge in [0.25, 0.3) is 0 Å². The Kier molecular flexibility index (Phi) is 4.95. The van der Waals surface area contributed by atoms with Gasteiger partial charge in [0.15, 0.2) is 0 Å². The quantitative estimate of drug-likeness (QED) is 0.679. The molecule has 1 atom stereocenters. The molecule has 0 aliphatic carbocycles. The van der Waals surface area contributed by atoms with Crippen molar-refractivity contribution in [1.29, 1.82) is 0 Å². The zero-order valence-corrected chi connectivity index (χ0v) is 12.7. The lowest BCUT2D eigenvalue weighted by molar-refractivity contribution is -0.117. The first-order valence-corrected chi connectivity index (χ1v) is 7.52. The maximum absolute atomic E-state index is 11.9. The Morgan fingerprint density at radius 1 is 1.56 bits per heavy atom. The van der Waals surface area contributed by atoms with E-state index in [2.05, 4.69) is 4.40 Å². The monoisotopic (exact) mass is 286 g/mol. The van der Waals surface area contributed by atoms with E-state index in [-0.39, 0.29) is 17.1 Å². The maximum Gasteiger partial charge on any atom is 0.221 e. The van der Waals surface area contributed by atoms with E-state index in [1.807, 2.05) is 39.1 Å². The normalized spacial score (nSPS) is 14.6. The Morgan fingerprint density at radius 3 is 2.67 bits per heavy atom. The van der Waals surface area contributed by atoms with Gasteiger partial charge in [-0.2, -0.15) is 0 Å². The highest BCUT2D eigenvalue weighted by molar-refractivity contribution is 7.91. The Hall–Kier alpha value is -0.850. The first kappa shape index (κ1) is 15.2. The summed E-state index contributed by atoms with van der Waals surface area (Å²) in [6.45, 7) is 7.47. The van der Waals surface area contributed by atoms with Crippen LogP contribution in [-0.4, -0.2) is 20.9 Å². The molecule has 0 bridgehead atoms. The average molecular weight is 286 g/mol. The second-order valence-corrected chi connectivity index (χ2v) is 7.82. The molecule has 1 aromatic heterocycles. The van der Waals surface area contributed by atoms with Crippen molar-refractivity contribution in [3.05, 3.63) is 21.9 Å². The number of hydrogen-bond donors (Lipinski definition) is 1. The molecule has 18 heavy (non-hydrogen) atoms. The van der Waals surface area contributed by atoms with Crippen LogP contribution in [0.5, 0.6) is 0 Å². The molecule has 2 N–H and O–H groups in total. The van der Waals surface area contributed by atoms with Crippen molar-refractivity contribution in [2.45, 2.75) is 38.9 Å². The summed E-state index contributed by atoms with van der Waals surface area (Å²) in [5.41, 5.74) is 6.73. The van der Waals surface area contributed by atoms with Gasteiger partial charge >= 0.3 is 0 Å². The number of carbonyl (C=O) groups is 1. The van der Waals surface area contributed by atoms with Gasteiger partial charge in [-0.1, -0.05) is 4.40 Å². The second kappa shape index (κ2) is 5.86. The first-order valence-electron chi connectivity index (χ1n) is 5.53. The number of primary amides is 1. The van der Waals surface area contributed by atoms with E-state index in [1.54, 1.807) is 0 Å². The molecule has 0 aliphatic rings. The van der Waals surface area contributed by atoms with E-state index in [0.717, 1.165) is 16.2 Å². The van der Waals surface area contributed by atoms with E-state index >= 15 is 0 Å². The molecule has 1 heterocycles. The van der Waals surface area contributed by atoms with Gasteiger partial charge in [-0.05, 0) is 44.7 Å². The minimum Gasteiger partial charge on any atom is -0.591 e. The van der Waals surface area contributed by atoms with Crippen LogP contribution in [0.3, 0.4) is 0 Å². The first-order chi connectivity index (χ1) is 8.20. The third-order valence-corrected chi connectivity index (χ3v) is 4.71. The Balaban J connectivity index is 2.84. The molecule has 0 radical (unpaired) electrons. The highest BCUT2D eigenvalue weighted by Crippen LogP contribution is 2.21. The van der Waals surface area contributed by atoms with Crippen LogP contribution in [0.2, 0.25) is 0 Å². The van der Waals surface area contributed by atoms with Crippen molar-refractivity contribution in [3.8, 4) is 0 Å². The van der Waals surface area contributed by atoms with Crippen molar-refractivity contribution < 1.29 is 9.35 Å². The largest absolute Gasteiger partial charge is 0.591 e. The molecule has 1 aromatic rings. The molecular weight excluding hydrogens is 268 g/mol. The van der Waals surface area contributed by atoms with Gasteiger partial charge < -0.3 is 10.3 Å². The van der Waals surface area contributed by atoms with Gasteiger partial charge in [-0.15, -0.1) is 11.3 Å². The molecule has 0 aromatic carbocycles. The molecule has 6 heteroatoms. The van der Waals surface area contributed by atoms with E-state index < -0.39 is 11.4 Å². The number of thiophene rings is 1. The van der Waals surface area contributed by atoms with Crippen LogP contribution in [-0.2, 0) is 22.6 Å². The molecule has 0 saturated carbocycles. The lowest BCUT2D eigenvalue weighted by Gasteiger charge is -2.18. The lowest BCUT2D eigenvalue weighted by atomic mass is 10.2. The fourth-order valence-electron chi connectivity index (χ4n) is 1.17. The summed E-state index contributed by atoms with van der Waals surface area (Å²) in [6.07, 6.45) is 0.228. The topological polar surface area (TPSA) is 78.5 Å². The molecule has 0 saturated heterocycles. The highest BCUT2D eigenvalue weighted by atomic mass is 32.2. The van der Waals surface area contributed by atoms with Crippen LogP contribution in [0.4, 0.5) is 0 Å². The van der Waals surface area contributed by atoms with E-state index in [0.29, 0.717) is 0 Å². The Morgan fingerprint density at radius 2 is 2.17 bits per heavy atom. The fraction of sp³-hybridized carbons (Fsp3) is 0.500. The summed E-state index contributed by atoms with van der Waals surface area (Å²) < 4.78 is 15.7. The summed E-state index contributed by atoms with van der Waals surface area (Å²) in [7, 11) is 0. The third kappa shape index (κ3) is 4.44. The highest BCUT2D eigenvalue weighted by Gasteiger charge is 2.26. The number of hydrogen-bond acceptors (Lipinski definition) is 4. The second-order valence-electron chi connectivity index (χ2n) is 5.00. The standard InChI is InChI=1S/C12H18N2O2S2/c1-8(14-18(16)12(2,3)4)10-5-9(7-17-10)6-11(13)15/h5,7H,6H2,1-4H3,(H2,13,15). The Bertz CT molecular complexity index is 461. The summed E-state index contributed by atoms with van der Waals surface area (Å²) in [6, 6.07) is 1.87. The minimum absolute atomic E-state index is 0.228.